The second kappa shape index (κ2) is 7.53. The molecule has 0 atom stereocenters. The number of hydrogen-bond donors (Lipinski definition) is 1. The number of aryl methyl sites for hydroxylation is 2. The molecule has 1 amide bonds. The minimum atomic E-state index is -0.431. The monoisotopic (exact) mass is 355 g/mol. The Morgan fingerprint density at radius 2 is 1.77 bits per heavy atom. The van der Waals surface area contributed by atoms with Crippen LogP contribution in [0.15, 0.2) is 36.4 Å². The molecule has 0 spiro atoms. The molecule has 2 aromatic rings. The van der Waals surface area contributed by atoms with Crippen molar-refractivity contribution >= 4 is 23.0 Å². The molecule has 2 aromatic carbocycles. The highest BCUT2D eigenvalue weighted by Gasteiger charge is 2.20. The summed E-state index contributed by atoms with van der Waals surface area (Å²) in [5.74, 6) is -0.236. The lowest BCUT2D eigenvalue weighted by atomic mass is 10.1. The average Bonchev–Trinajstić information content (AvgIpc) is 2.61. The van der Waals surface area contributed by atoms with Gasteiger partial charge in [0.2, 0.25) is 0 Å². The molecule has 3 rings (SSSR count). The van der Waals surface area contributed by atoms with Crippen LogP contribution in [0.4, 0.5) is 17.1 Å². The van der Waals surface area contributed by atoms with E-state index < -0.39 is 4.92 Å². The van der Waals surface area contributed by atoms with E-state index in [1.54, 1.807) is 6.07 Å². The van der Waals surface area contributed by atoms with Crippen molar-refractivity contribution in [1.82, 2.24) is 0 Å². The quantitative estimate of drug-likeness (QED) is 0.672. The minimum absolute atomic E-state index is 0.00380. The van der Waals surface area contributed by atoms with E-state index in [-0.39, 0.29) is 11.6 Å². The molecule has 0 radical (unpaired) electrons. The van der Waals surface area contributed by atoms with E-state index in [1.165, 1.54) is 12.1 Å². The summed E-state index contributed by atoms with van der Waals surface area (Å²) in [6.45, 7) is 6.21. The van der Waals surface area contributed by atoms with E-state index in [4.69, 9.17) is 4.74 Å². The van der Waals surface area contributed by atoms with Crippen LogP contribution in [-0.4, -0.2) is 37.1 Å². The number of rotatable bonds is 4. The van der Waals surface area contributed by atoms with Crippen molar-refractivity contribution in [2.45, 2.75) is 13.8 Å². The number of carbonyl (C=O) groups excluding carboxylic acids is 1. The first-order valence-electron chi connectivity index (χ1n) is 8.45. The minimum Gasteiger partial charge on any atom is -0.378 e. The molecule has 0 aromatic heterocycles. The fraction of sp³-hybridized carbons (Fsp3) is 0.316. The van der Waals surface area contributed by atoms with Crippen LogP contribution in [0.25, 0.3) is 0 Å². The number of amides is 1. The summed E-state index contributed by atoms with van der Waals surface area (Å²) in [6.07, 6.45) is 0. The highest BCUT2D eigenvalue weighted by atomic mass is 16.6. The first-order chi connectivity index (χ1) is 12.4. The number of nitro benzene ring substituents is 1. The molecule has 1 aliphatic heterocycles. The van der Waals surface area contributed by atoms with Crippen LogP contribution in [0.5, 0.6) is 0 Å². The average molecular weight is 355 g/mol. The van der Waals surface area contributed by atoms with E-state index in [1.807, 2.05) is 36.9 Å². The van der Waals surface area contributed by atoms with E-state index in [9.17, 15) is 14.9 Å². The number of nitrogens with one attached hydrogen (secondary N) is 1. The molecule has 1 heterocycles. The summed E-state index contributed by atoms with van der Waals surface area (Å²) in [5, 5.41) is 14.0. The highest BCUT2D eigenvalue weighted by Crippen LogP contribution is 2.31. The molecule has 7 heteroatoms. The molecule has 1 aliphatic rings. The van der Waals surface area contributed by atoms with Gasteiger partial charge < -0.3 is 15.0 Å². The van der Waals surface area contributed by atoms with E-state index >= 15 is 0 Å². The van der Waals surface area contributed by atoms with Crippen molar-refractivity contribution in [3.8, 4) is 0 Å². The summed E-state index contributed by atoms with van der Waals surface area (Å²) < 4.78 is 5.35. The number of anilines is 2. The Hall–Kier alpha value is -2.93. The molecular weight excluding hydrogens is 334 g/mol. The number of ether oxygens (including phenoxy) is 1. The molecule has 0 unspecified atom stereocenters. The van der Waals surface area contributed by atoms with Gasteiger partial charge in [-0.25, -0.2) is 0 Å². The molecular formula is C19H21N3O4. The van der Waals surface area contributed by atoms with Gasteiger partial charge in [-0.15, -0.1) is 0 Å². The van der Waals surface area contributed by atoms with Crippen molar-refractivity contribution in [1.29, 1.82) is 0 Å². The zero-order valence-electron chi connectivity index (χ0n) is 14.8. The second-order valence-electron chi connectivity index (χ2n) is 6.39. The molecule has 0 saturated carbocycles. The maximum absolute atomic E-state index is 12.7. The Balaban J connectivity index is 1.92. The number of hydrogen-bond acceptors (Lipinski definition) is 5. The second-order valence-corrected chi connectivity index (χ2v) is 6.39. The smallest absolute Gasteiger partial charge is 0.271 e. The van der Waals surface area contributed by atoms with E-state index in [2.05, 4.69) is 5.32 Å². The normalized spacial score (nSPS) is 14.2. The number of morpholine rings is 1. The molecule has 1 N–H and O–H groups in total. The number of nitro groups is 1. The third-order valence-corrected chi connectivity index (χ3v) is 4.28. The molecule has 7 nitrogen and oxygen atoms in total. The van der Waals surface area contributed by atoms with Gasteiger partial charge in [-0.2, -0.15) is 0 Å². The largest absolute Gasteiger partial charge is 0.378 e. The fourth-order valence-corrected chi connectivity index (χ4v) is 3.11. The predicted molar refractivity (Wildman–Crippen MR) is 100.0 cm³/mol. The van der Waals surface area contributed by atoms with Crippen LogP contribution in [-0.2, 0) is 4.74 Å². The van der Waals surface area contributed by atoms with Gasteiger partial charge >= 0.3 is 0 Å². The topological polar surface area (TPSA) is 84.7 Å². The first kappa shape index (κ1) is 17.9. The zero-order valence-corrected chi connectivity index (χ0v) is 14.8. The van der Waals surface area contributed by atoms with Gasteiger partial charge in [-0.1, -0.05) is 17.2 Å². The van der Waals surface area contributed by atoms with Crippen molar-refractivity contribution in [3.63, 3.8) is 0 Å². The Morgan fingerprint density at radius 1 is 1.12 bits per heavy atom. The predicted octanol–water partition coefficient (Wildman–Crippen LogP) is 3.30. The Morgan fingerprint density at radius 3 is 2.38 bits per heavy atom. The Labute approximate surface area is 151 Å². The number of nitrogens with zero attached hydrogens (tertiary/aromatic N) is 2. The van der Waals surface area contributed by atoms with Crippen LogP contribution in [0.1, 0.15) is 21.5 Å². The molecule has 26 heavy (non-hydrogen) atoms. The Kier molecular flexibility index (Phi) is 5.18. The van der Waals surface area contributed by atoms with Crippen LogP contribution < -0.4 is 10.2 Å². The van der Waals surface area contributed by atoms with Crippen LogP contribution >= 0.6 is 0 Å². The van der Waals surface area contributed by atoms with Gasteiger partial charge in [0, 0.05) is 30.8 Å². The van der Waals surface area contributed by atoms with Gasteiger partial charge in [-0.3, -0.25) is 14.9 Å². The van der Waals surface area contributed by atoms with Crippen LogP contribution in [0, 0.1) is 24.0 Å². The molecule has 0 aliphatic carbocycles. The van der Waals surface area contributed by atoms with Gasteiger partial charge in [0.05, 0.1) is 29.5 Å². The zero-order chi connectivity index (χ0) is 18.7. The summed E-state index contributed by atoms with van der Waals surface area (Å²) >= 11 is 0. The van der Waals surface area contributed by atoms with Gasteiger partial charge in [0.15, 0.2) is 0 Å². The van der Waals surface area contributed by atoms with Gasteiger partial charge in [0.1, 0.15) is 0 Å². The lowest BCUT2D eigenvalue weighted by molar-refractivity contribution is -0.384. The highest BCUT2D eigenvalue weighted by molar-refractivity contribution is 6.06. The van der Waals surface area contributed by atoms with E-state index in [0.717, 1.165) is 11.1 Å². The molecule has 0 bridgehead atoms. The third kappa shape index (κ3) is 4.00. The van der Waals surface area contributed by atoms with Crippen LogP contribution in [0.3, 0.4) is 0 Å². The van der Waals surface area contributed by atoms with Crippen molar-refractivity contribution < 1.29 is 14.5 Å². The number of benzene rings is 2. The van der Waals surface area contributed by atoms with E-state index in [0.29, 0.717) is 43.2 Å². The van der Waals surface area contributed by atoms with Crippen molar-refractivity contribution in [3.05, 3.63) is 63.2 Å². The summed E-state index contributed by atoms with van der Waals surface area (Å²) in [7, 11) is 0. The fourth-order valence-electron chi connectivity index (χ4n) is 3.11. The summed E-state index contributed by atoms with van der Waals surface area (Å²) in [6, 6.07) is 10.1. The standard InChI is InChI=1S/C19H21N3O4/c1-13-9-14(2)11-15(10-13)19(23)20-17-4-3-16(22(24)25)12-18(17)21-5-7-26-8-6-21/h3-4,9-12H,5-8H2,1-2H3,(H,20,23). The molecule has 1 saturated heterocycles. The molecule has 136 valence electrons. The van der Waals surface area contributed by atoms with Crippen molar-refractivity contribution in [2.75, 3.05) is 36.5 Å². The SMILES string of the molecule is Cc1cc(C)cc(C(=O)Nc2ccc([N+](=O)[O-])cc2N2CCOCC2)c1. The maximum Gasteiger partial charge on any atom is 0.271 e. The van der Waals surface area contributed by atoms with Crippen LogP contribution in [0.2, 0.25) is 0 Å². The maximum atomic E-state index is 12.7. The molecule has 1 fully saturated rings. The first-order valence-corrected chi connectivity index (χ1v) is 8.45. The lowest BCUT2D eigenvalue weighted by Gasteiger charge is -2.30. The third-order valence-electron chi connectivity index (χ3n) is 4.28. The number of non-ortho nitro benzene ring substituents is 1. The lowest BCUT2D eigenvalue weighted by Crippen LogP contribution is -2.36. The number of carbonyl (C=O) groups is 1. The van der Waals surface area contributed by atoms with Gasteiger partial charge in [-0.05, 0) is 32.0 Å². The summed E-state index contributed by atoms with van der Waals surface area (Å²) in [4.78, 5) is 25.4. The van der Waals surface area contributed by atoms with Crippen molar-refractivity contribution in [2.24, 2.45) is 0 Å². The van der Waals surface area contributed by atoms with Gasteiger partial charge in [0.25, 0.3) is 11.6 Å². The summed E-state index contributed by atoms with van der Waals surface area (Å²) in [5.41, 5.74) is 3.77. The Bertz CT molecular complexity index is 824.